The molecule has 0 amide bonds. The number of ether oxygens (including phenoxy) is 1. The van der Waals surface area contributed by atoms with Crippen molar-refractivity contribution in [2.75, 3.05) is 33.3 Å². The van der Waals surface area contributed by atoms with Crippen molar-refractivity contribution in [3.05, 3.63) is 0 Å². The molecule has 1 rings (SSSR count). The van der Waals surface area contributed by atoms with Crippen molar-refractivity contribution in [3.8, 4) is 0 Å². The van der Waals surface area contributed by atoms with E-state index in [1.165, 1.54) is 38.9 Å². The number of rotatable bonds is 6. The van der Waals surface area contributed by atoms with E-state index in [4.69, 9.17) is 4.74 Å². The van der Waals surface area contributed by atoms with Crippen molar-refractivity contribution in [1.29, 1.82) is 0 Å². The topological polar surface area (TPSA) is 24.5 Å². The average molecular weight is 228 g/mol. The van der Waals surface area contributed by atoms with Gasteiger partial charge in [-0.25, -0.2) is 0 Å². The lowest BCUT2D eigenvalue weighted by molar-refractivity contribution is 0.0409. The highest BCUT2D eigenvalue weighted by Gasteiger charge is 2.19. The largest absolute Gasteiger partial charge is 0.381 e. The molecule has 3 nitrogen and oxygen atoms in total. The quantitative estimate of drug-likeness (QED) is 0.751. The first-order valence-corrected chi connectivity index (χ1v) is 6.57. The van der Waals surface area contributed by atoms with Gasteiger partial charge in [0, 0.05) is 38.8 Å². The molecule has 0 bridgehead atoms. The molecule has 1 N–H and O–H groups in total. The highest BCUT2D eigenvalue weighted by atomic mass is 16.5. The number of nitrogens with zero attached hydrogens (tertiary/aromatic N) is 1. The number of methoxy groups -OCH3 is 1. The van der Waals surface area contributed by atoms with Crippen LogP contribution in [0.15, 0.2) is 0 Å². The van der Waals surface area contributed by atoms with Gasteiger partial charge in [0.25, 0.3) is 0 Å². The molecular formula is C13H28N2O. The van der Waals surface area contributed by atoms with Gasteiger partial charge in [0.05, 0.1) is 6.10 Å². The lowest BCUT2D eigenvalue weighted by Crippen LogP contribution is -2.45. The second kappa shape index (κ2) is 6.58. The summed E-state index contributed by atoms with van der Waals surface area (Å²) in [6, 6.07) is 0. The van der Waals surface area contributed by atoms with Crippen LogP contribution in [0.1, 0.15) is 40.0 Å². The Kier molecular flexibility index (Phi) is 5.73. The van der Waals surface area contributed by atoms with Gasteiger partial charge in [-0.3, -0.25) is 0 Å². The molecule has 0 aromatic rings. The second-order valence-corrected chi connectivity index (χ2v) is 5.44. The summed E-state index contributed by atoms with van der Waals surface area (Å²) in [5, 5.41) is 3.61. The van der Waals surface area contributed by atoms with Crippen molar-refractivity contribution in [1.82, 2.24) is 10.2 Å². The van der Waals surface area contributed by atoms with Crippen LogP contribution in [-0.2, 0) is 4.74 Å². The van der Waals surface area contributed by atoms with Gasteiger partial charge in [0.1, 0.15) is 0 Å². The molecule has 0 saturated carbocycles. The molecule has 16 heavy (non-hydrogen) atoms. The highest BCUT2D eigenvalue weighted by Crippen LogP contribution is 2.12. The van der Waals surface area contributed by atoms with Crippen LogP contribution >= 0.6 is 0 Å². The first-order chi connectivity index (χ1) is 7.57. The number of nitrogens with one attached hydrogen (secondary N) is 1. The average Bonchev–Trinajstić information content (AvgIpc) is 2.30. The summed E-state index contributed by atoms with van der Waals surface area (Å²) >= 11 is 0. The molecule has 0 aromatic heterocycles. The van der Waals surface area contributed by atoms with E-state index in [2.05, 4.69) is 31.0 Å². The first-order valence-electron chi connectivity index (χ1n) is 6.57. The zero-order valence-electron chi connectivity index (χ0n) is 11.4. The summed E-state index contributed by atoms with van der Waals surface area (Å²) in [5.41, 5.74) is 0.283. The highest BCUT2D eigenvalue weighted by molar-refractivity contribution is 4.77. The molecule has 1 saturated heterocycles. The maximum atomic E-state index is 5.37. The fraction of sp³-hybridized carbons (Fsp3) is 1.00. The predicted molar refractivity (Wildman–Crippen MR) is 68.8 cm³/mol. The van der Waals surface area contributed by atoms with Crippen molar-refractivity contribution >= 4 is 0 Å². The minimum atomic E-state index is 0.283. The number of piperidine rings is 1. The number of likely N-dealkylation sites (tertiary alicyclic amines) is 1. The van der Waals surface area contributed by atoms with Gasteiger partial charge in [0.15, 0.2) is 0 Å². The van der Waals surface area contributed by atoms with Gasteiger partial charge in [-0.15, -0.1) is 0 Å². The van der Waals surface area contributed by atoms with Crippen molar-refractivity contribution in [3.63, 3.8) is 0 Å². The van der Waals surface area contributed by atoms with Crippen LogP contribution < -0.4 is 5.32 Å². The van der Waals surface area contributed by atoms with Gasteiger partial charge < -0.3 is 15.0 Å². The first kappa shape index (κ1) is 13.9. The Hall–Kier alpha value is -0.120. The molecule has 0 aliphatic carbocycles. The van der Waals surface area contributed by atoms with Gasteiger partial charge in [-0.05, 0) is 33.1 Å². The van der Waals surface area contributed by atoms with Crippen LogP contribution in [0.25, 0.3) is 0 Å². The Bertz CT molecular complexity index is 186. The molecule has 96 valence electrons. The third kappa shape index (κ3) is 4.81. The molecule has 1 heterocycles. The Balaban J connectivity index is 2.11. The lowest BCUT2D eigenvalue weighted by Gasteiger charge is -2.32. The molecule has 1 aliphatic heterocycles. The summed E-state index contributed by atoms with van der Waals surface area (Å²) in [6.07, 6.45) is 4.05. The van der Waals surface area contributed by atoms with E-state index in [1.54, 1.807) is 0 Å². The minimum Gasteiger partial charge on any atom is -0.381 e. The zero-order valence-corrected chi connectivity index (χ0v) is 11.4. The SMILES string of the molecule is CCC(C)(C)NCCN1CCC(OC)CC1. The fourth-order valence-corrected chi connectivity index (χ4v) is 2.05. The van der Waals surface area contributed by atoms with Gasteiger partial charge in [-0.1, -0.05) is 6.92 Å². The third-order valence-electron chi connectivity index (χ3n) is 3.78. The molecule has 0 atom stereocenters. The summed E-state index contributed by atoms with van der Waals surface area (Å²) in [4.78, 5) is 2.54. The van der Waals surface area contributed by atoms with Gasteiger partial charge in [-0.2, -0.15) is 0 Å². The molecule has 0 unspecified atom stereocenters. The molecular weight excluding hydrogens is 200 g/mol. The number of hydrogen-bond acceptors (Lipinski definition) is 3. The van der Waals surface area contributed by atoms with E-state index in [9.17, 15) is 0 Å². The van der Waals surface area contributed by atoms with Crippen molar-refractivity contribution < 1.29 is 4.74 Å². The monoisotopic (exact) mass is 228 g/mol. The summed E-state index contributed by atoms with van der Waals surface area (Å²) in [6.45, 7) is 11.4. The Morgan fingerprint density at radius 3 is 2.44 bits per heavy atom. The Morgan fingerprint density at radius 2 is 1.94 bits per heavy atom. The van der Waals surface area contributed by atoms with Crippen molar-refractivity contribution in [2.45, 2.75) is 51.7 Å². The predicted octanol–water partition coefficient (Wildman–Crippen LogP) is 1.88. The lowest BCUT2D eigenvalue weighted by atomic mass is 10.0. The van der Waals surface area contributed by atoms with Gasteiger partial charge >= 0.3 is 0 Å². The van der Waals surface area contributed by atoms with Crippen LogP contribution in [0, 0.1) is 0 Å². The Morgan fingerprint density at radius 1 is 1.31 bits per heavy atom. The van der Waals surface area contributed by atoms with E-state index in [-0.39, 0.29) is 5.54 Å². The zero-order chi connectivity index (χ0) is 12.0. The van der Waals surface area contributed by atoms with E-state index in [0.29, 0.717) is 6.10 Å². The van der Waals surface area contributed by atoms with Crippen LogP contribution in [0.5, 0.6) is 0 Å². The normalized spacial score (nSPS) is 20.2. The van der Waals surface area contributed by atoms with Crippen molar-refractivity contribution in [2.24, 2.45) is 0 Å². The minimum absolute atomic E-state index is 0.283. The molecule has 0 radical (unpaired) electrons. The maximum absolute atomic E-state index is 5.37. The molecule has 1 aliphatic rings. The number of hydrogen-bond donors (Lipinski definition) is 1. The van der Waals surface area contributed by atoms with Crippen LogP contribution in [-0.4, -0.2) is 49.8 Å². The van der Waals surface area contributed by atoms with Crippen LogP contribution in [0.3, 0.4) is 0 Å². The van der Waals surface area contributed by atoms with Crippen LogP contribution in [0.2, 0.25) is 0 Å². The second-order valence-electron chi connectivity index (χ2n) is 5.44. The van der Waals surface area contributed by atoms with Gasteiger partial charge in [0.2, 0.25) is 0 Å². The standard InChI is InChI=1S/C13H28N2O/c1-5-13(2,3)14-8-11-15-9-6-12(16-4)7-10-15/h12,14H,5-11H2,1-4H3. The van der Waals surface area contributed by atoms with E-state index in [1.807, 2.05) is 7.11 Å². The Labute approximate surface area is 101 Å². The fourth-order valence-electron chi connectivity index (χ4n) is 2.05. The maximum Gasteiger partial charge on any atom is 0.0595 e. The molecule has 0 spiro atoms. The van der Waals surface area contributed by atoms with E-state index < -0.39 is 0 Å². The van der Waals surface area contributed by atoms with Crippen LogP contribution in [0.4, 0.5) is 0 Å². The molecule has 3 heteroatoms. The van der Waals surface area contributed by atoms with E-state index >= 15 is 0 Å². The van der Waals surface area contributed by atoms with E-state index in [0.717, 1.165) is 6.54 Å². The molecule has 1 fully saturated rings. The third-order valence-corrected chi connectivity index (χ3v) is 3.78. The smallest absolute Gasteiger partial charge is 0.0595 e. The summed E-state index contributed by atoms with van der Waals surface area (Å²) < 4.78 is 5.37. The molecule has 0 aromatic carbocycles. The summed E-state index contributed by atoms with van der Waals surface area (Å²) in [5.74, 6) is 0. The summed E-state index contributed by atoms with van der Waals surface area (Å²) in [7, 11) is 1.83.